The van der Waals surface area contributed by atoms with Gasteiger partial charge in [-0.15, -0.1) is 11.3 Å². The first-order valence-corrected chi connectivity index (χ1v) is 8.85. The molecule has 0 unspecified atom stereocenters. The zero-order valence-corrected chi connectivity index (χ0v) is 13.8. The molecule has 0 aromatic carbocycles. The van der Waals surface area contributed by atoms with E-state index in [4.69, 9.17) is 0 Å². The second kappa shape index (κ2) is 6.79. The molecule has 0 radical (unpaired) electrons. The molecule has 0 bridgehead atoms. The van der Waals surface area contributed by atoms with E-state index in [1.807, 2.05) is 11.3 Å². The predicted molar refractivity (Wildman–Crippen MR) is 86.7 cm³/mol. The van der Waals surface area contributed by atoms with E-state index in [0.717, 1.165) is 32.5 Å². The number of amides is 2. The van der Waals surface area contributed by atoms with E-state index >= 15 is 0 Å². The summed E-state index contributed by atoms with van der Waals surface area (Å²) < 4.78 is 0. The number of carbonyl (C=O) groups excluding carboxylic acids is 2. The lowest BCUT2D eigenvalue weighted by Gasteiger charge is -2.32. The minimum Gasteiger partial charge on any atom is -0.353 e. The van der Waals surface area contributed by atoms with Crippen LogP contribution in [0.3, 0.4) is 0 Å². The Kier molecular flexibility index (Phi) is 4.78. The molecule has 1 aromatic rings. The molecular formula is C16H23N3O2S. The van der Waals surface area contributed by atoms with E-state index < -0.39 is 0 Å². The summed E-state index contributed by atoms with van der Waals surface area (Å²) in [4.78, 5) is 29.1. The van der Waals surface area contributed by atoms with Gasteiger partial charge in [0.15, 0.2) is 0 Å². The Bertz CT molecular complexity index is 557. The number of hydrogen-bond acceptors (Lipinski definition) is 4. The molecule has 2 aliphatic rings. The average molecular weight is 321 g/mol. The number of nitrogens with zero attached hydrogens (tertiary/aromatic N) is 2. The smallest absolute Gasteiger partial charge is 0.239 e. The minimum absolute atomic E-state index is 0.0460. The Balaban J connectivity index is 1.43. The van der Waals surface area contributed by atoms with Crippen LogP contribution in [0.2, 0.25) is 0 Å². The van der Waals surface area contributed by atoms with Gasteiger partial charge in [-0.3, -0.25) is 14.5 Å². The topological polar surface area (TPSA) is 52.7 Å². The third-order valence-electron chi connectivity index (χ3n) is 4.56. The molecule has 0 aliphatic carbocycles. The van der Waals surface area contributed by atoms with Crippen molar-refractivity contribution >= 4 is 23.2 Å². The second-order valence-electron chi connectivity index (χ2n) is 6.16. The number of likely N-dealkylation sites (tertiary alicyclic amines) is 1. The predicted octanol–water partition coefficient (Wildman–Crippen LogP) is 1.23. The number of fused-ring (bicyclic) bond motifs is 1. The van der Waals surface area contributed by atoms with Crippen LogP contribution in [-0.2, 0) is 22.6 Å². The van der Waals surface area contributed by atoms with Crippen LogP contribution in [0.1, 0.15) is 30.2 Å². The number of rotatable bonds is 5. The third-order valence-corrected chi connectivity index (χ3v) is 5.58. The molecular weight excluding hydrogens is 298 g/mol. The highest BCUT2D eigenvalue weighted by atomic mass is 32.1. The van der Waals surface area contributed by atoms with Gasteiger partial charge in [0.2, 0.25) is 11.8 Å². The van der Waals surface area contributed by atoms with Gasteiger partial charge in [0.1, 0.15) is 0 Å². The third kappa shape index (κ3) is 3.50. The van der Waals surface area contributed by atoms with Crippen LogP contribution in [0.4, 0.5) is 0 Å². The molecule has 0 saturated carbocycles. The molecule has 0 spiro atoms. The summed E-state index contributed by atoms with van der Waals surface area (Å²) in [7, 11) is 0. The van der Waals surface area contributed by atoms with Crippen LogP contribution in [-0.4, -0.2) is 53.8 Å². The van der Waals surface area contributed by atoms with Gasteiger partial charge in [-0.05, 0) is 36.8 Å². The lowest BCUT2D eigenvalue weighted by molar-refractivity contribution is -0.133. The molecule has 6 heteroatoms. The van der Waals surface area contributed by atoms with Crippen LogP contribution in [0.5, 0.6) is 0 Å². The molecule has 1 fully saturated rings. The van der Waals surface area contributed by atoms with E-state index in [9.17, 15) is 9.59 Å². The summed E-state index contributed by atoms with van der Waals surface area (Å²) in [5.41, 5.74) is 1.43. The Morgan fingerprint density at radius 1 is 1.41 bits per heavy atom. The van der Waals surface area contributed by atoms with Gasteiger partial charge in [-0.25, -0.2) is 0 Å². The van der Waals surface area contributed by atoms with Crippen molar-refractivity contribution in [2.45, 2.75) is 38.8 Å². The summed E-state index contributed by atoms with van der Waals surface area (Å²) in [6, 6.07) is 2.52. The van der Waals surface area contributed by atoms with Crippen molar-refractivity contribution in [2.24, 2.45) is 0 Å². The van der Waals surface area contributed by atoms with Crippen molar-refractivity contribution < 1.29 is 9.59 Å². The quantitative estimate of drug-likeness (QED) is 0.887. The van der Waals surface area contributed by atoms with Gasteiger partial charge < -0.3 is 10.2 Å². The molecule has 1 atom stereocenters. The van der Waals surface area contributed by atoms with Gasteiger partial charge in [0, 0.05) is 43.5 Å². The average Bonchev–Trinajstić information content (AvgIpc) is 3.13. The molecule has 22 heavy (non-hydrogen) atoms. The molecule has 3 rings (SSSR count). The van der Waals surface area contributed by atoms with Crippen LogP contribution < -0.4 is 5.32 Å². The molecule has 1 saturated heterocycles. The van der Waals surface area contributed by atoms with Crippen LogP contribution in [0.15, 0.2) is 11.4 Å². The fourth-order valence-electron chi connectivity index (χ4n) is 3.14. The molecule has 1 aromatic heterocycles. The van der Waals surface area contributed by atoms with E-state index in [-0.39, 0.29) is 18.4 Å². The Hall–Kier alpha value is -1.40. The van der Waals surface area contributed by atoms with Crippen LogP contribution >= 0.6 is 11.3 Å². The first kappa shape index (κ1) is 15.5. The van der Waals surface area contributed by atoms with Gasteiger partial charge in [0.25, 0.3) is 0 Å². The van der Waals surface area contributed by atoms with Gasteiger partial charge in [-0.2, -0.15) is 0 Å². The molecule has 2 amide bonds. The molecule has 5 nitrogen and oxygen atoms in total. The number of carbonyl (C=O) groups is 2. The molecule has 1 N–H and O–H groups in total. The monoisotopic (exact) mass is 321 g/mol. The van der Waals surface area contributed by atoms with Crippen LogP contribution in [0, 0.1) is 0 Å². The summed E-state index contributed by atoms with van der Waals surface area (Å²) in [5, 5.41) is 5.13. The molecule has 2 aliphatic heterocycles. The number of hydrogen-bond donors (Lipinski definition) is 1. The Labute approximate surface area is 135 Å². The summed E-state index contributed by atoms with van der Waals surface area (Å²) in [5.74, 6) is 0.0551. The van der Waals surface area contributed by atoms with E-state index in [1.165, 1.54) is 10.4 Å². The highest BCUT2D eigenvalue weighted by Gasteiger charge is 2.24. The van der Waals surface area contributed by atoms with Gasteiger partial charge >= 0.3 is 0 Å². The fourth-order valence-corrected chi connectivity index (χ4v) is 4.03. The van der Waals surface area contributed by atoms with Crippen molar-refractivity contribution in [1.82, 2.24) is 15.1 Å². The van der Waals surface area contributed by atoms with E-state index in [0.29, 0.717) is 19.0 Å². The summed E-state index contributed by atoms with van der Waals surface area (Å²) >= 11 is 1.84. The summed E-state index contributed by atoms with van der Waals surface area (Å²) in [6.07, 6.45) is 2.56. The SMILES string of the molecule is C[C@@H](CNC(=O)CN1CCCC1=O)N1CCc2sccc2C1. The highest BCUT2D eigenvalue weighted by molar-refractivity contribution is 7.10. The maximum absolute atomic E-state index is 12.0. The standard InChI is InChI=1S/C16H23N3O2S/c1-12(18-7-4-14-13(10-18)5-8-22-14)9-17-15(20)11-19-6-2-3-16(19)21/h5,8,12H,2-4,6-7,9-11H2,1H3,(H,17,20)/t12-/m0/s1. The van der Waals surface area contributed by atoms with Crippen molar-refractivity contribution in [3.05, 3.63) is 21.9 Å². The Morgan fingerprint density at radius 2 is 2.27 bits per heavy atom. The maximum Gasteiger partial charge on any atom is 0.239 e. The highest BCUT2D eigenvalue weighted by Crippen LogP contribution is 2.24. The maximum atomic E-state index is 12.0. The zero-order valence-electron chi connectivity index (χ0n) is 13.0. The van der Waals surface area contributed by atoms with Gasteiger partial charge in [-0.1, -0.05) is 0 Å². The van der Waals surface area contributed by atoms with Crippen molar-refractivity contribution in [2.75, 3.05) is 26.2 Å². The molecule has 3 heterocycles. The lowest BCUT2D eigenvalue weighted by Crippen LogP contribution is -2.46. The van der Waals surface area contributed by atoms with Crippen molar-refractivity contribution in [1.29, 1.82) is 0 Å². The van der Waals surface area contributed by atoms with Crippen molar-refractivity contribution in [3.8, 4) is 0 Å². The summed E-state index contributed by atoms with van der Waals surface area (Å²) in [6.45, 7) is 5.74. The fraction of sp³-hybridized carbons (Fsp3) is 0.625. The Morgan fingerprint density at radius 3 is 3.05 bits per heavy atom. The van der Waals surface area contributed by atoms with Crippen molar-refractivity contribution in [3.63, 3.8) is 0 Å². The molecule has 120 valence electrons. The van der Waals surface area contributed by atoms with Gasteiger partial charge in [0.05, 0.1) is 6.54 Å². The normalized spacial score (nSPS) is 20.0. The second-order valence-corrected chi connectivity index (χ2v) is 7.16. The number of thiophene rings is 1. The first-order valence-electron chi connectivity index (χ1n) is 7.97. The first-order chi connectivity index (χ1) is 10.6. The minimum atomic E-state index is -0.0460. The zero-order chi connectivity index (χ0) is 15.5. The van der Waals surface area contributed by atoms with Crippen LogP contribution in [0.25, 0.3) is 0 Å². The number of nitrogens with one attached hydrogen (secondary N) is 1. The lowest BCUT2D eigenvalue weighted by atomic mass is 10.1. The van der Waals surface area contributed by atoms with E-state index in [1.54, 1.807) is 4.90 Å². The van der Waals surface area contributed by atoms with E-state index in [2.05, 4.69) is 28.6 Å². The largest absolute Gasteiger partial charge is 0.353 e.